The van der Waals surface area contributed by atoms with E-state index in [-0.39, 0.29) is 24.0 Å². The Morgan fingerprint density at radius 3 is 2.80 bits per heavy atom. The summed E-state index contributed by atoms with van der Waals surface area (Å²) in [6.07, 6.45) is 6.61. The van der Waals surface area contributed by atoms with Crippen LogP contribution in [0.15, 0.2) is 29.3 Å². The molecule has 1 aromatic heterocycles. The SMILES string of the molecule is Cc1ccc(NC(N)=NCCCc2nnc3n2CCCCC3)cc1.I. The maximum Gasteiger partial charge on any atom is 0.193 e. The van der Waals surface area contributed by atoms with Crippen molar-refractivity contribution in [1.29, 1.82) is 0 Å². The van der Waals surface area contributed by atoms with Gasteiger partial charge in [0.2, 0.25) is 0 Å². The van der Waals surface area contributed by atoms with E-state index in [0.29, 0.717) is 12.5 Å². The van der Waals surface area contributed by atoms with Crippen molar-refractivity contribution >= 4 is 35.6 Å². The Hall–Kier alpha value is -1.64. The van der Waals surface area contributed by atoms with Crippen LogP contribution in [0.4, 0.5) is 5.69 Å². The highest BCUT2D eigenvalue weighted by atomic mass is 127. The number of aryl methyl sites for hydroxylation is 3. The summed E-state index contributed by atoms with van der Waals surface area (Å²) < 4.78 is 2.30. The highest BCUT2D eigenvalue weighted by Crippen LogP contribution is 2.15. The number of fused-ring (bicyclic) bond motifs is 1. The van der Waals surface area contributed by atoms with Gasteiger partial charge in [-0.05, 0) is 38.3 Å². The van der Waals surface area contributed by atoms with Crippen LogP contribution in [0.3, 0.4) is 0 Å². The van der Waals surface area contributed by atoms with E-state index in [4.69, 9.17) is 5.73 Å². The predicted molar refractivity (Wildman–Crippen MR) is 113 cm³/mol. The molecule has 7 heteroatoms. The van der Waals surface area contributed by atoms with E-state index in [2.05, 4.69) is 32.0 Å². The van der Waals surface area contributed by atoms with Crippen LogP contribution < -0.4 is 11.1 Å². The number of aliphatic imine (C=N–C) groups is 1. The summed E-state index contributed by atoms with van der Waals surface area (Å²) in [5.74, 6) is 2.69. The fraction of sp³-hybridized carbons (Fsp3) is 0.500. The lowest BCUT2D eigenvalue weighted by atomic mass is 10.2. The van der Waals surface area contributed by atoms with E-state index in [9.17, 15) is 0 Å². The van der Waals surface area contributed by atoms with Gasteiger partial charge in [0.1, 0.15) is 11.6 Å². The minimum atomic E-state index is 0. The molecule has 3 rings (SSSR count). The van der Waals surface area contributed by atoms with Gasteiger partial charge in [0.15, 0.2) is 5.96 Å². The number of nitrogens with zero attached hydrogens (tertiary/aromatic N) is 4. The lowest BCUT2D eigenvalue weighted by molar-refractivity contribution is 0.598. The molecule has 0 spiro atoms. The Morgan fingerprint density at radius 1 is 1.20 bits per heavy atom. The van der Waals surface area contributed by atoms with Crippen molar-refractivity contribution in [1.82, 2.24) is 14.8 Å². The minimum Gasteiger partial charge on any atom is -0.370 e. The van der Waals surface area contributed by atoms with Crippen LogP contribution in [0.5, 0.6) is 0 Å². The number of halogens is 1. The van der Waals surface area contributed by atoms with E-state index < -0.39 is 0 Å². The van der Waals surface area contributed by atoms with E-state index in [0.717, 1.165) is 43.1 Å². The van der Waals surface area contributed by atoms with Gasteiger partial charge in [0.05, 0.1) is 0 Å². The molecule has 1 aromatic carbocycles. The van der Waals surface area contributed by atoms with Gasteiger partial charge in [-0.25, -0.2) is 0 Å². The molecule has 0 saturated heterocycles. The summed E-state index contributed by atoms with van der Waals surface area (Å²) in [5.41, 5.74) is 8.13. The Balaban J connectivity index is 0.00000225. The van der Waals surface area contributed by atoms with E-state index in [1.165, 1.54) is 24.8 Å². The Kier molecular flexibility index (Phi) is 7.67. The van der Waals surface area contributed by atoms with Crippen LogP contribution in [-0.4, -0.2) is 27.3 Å². The van der Waals surface area contributed by atoms with Gasteiger partial charge >= 0.3 is 0 Å². The molecule has 2 aromatic rings. The second kappa shape index (κ2) is 9.74. The highest BCUT2D eigenvalue weighted by Gasteiger charge is 2.13. The number of rotatable bonds is 5. The zero-order valence-electron chi connectivity index (χ0n) is 14.7. The molecule has 0 aliphatic carbocycles. The average Bonchev–Trinajstić information content (AvgIpc) is 2.80. The summed E-state index contributed by atoms with van der Waals surface area (Å²) in [6, 6.07) is 8.10. The fourth-order valence-electron chi connectivity index (χ4n) is 2.99. The van der Waals surface area contributed by atoms with Gasteiger partial charge < -0.3 is 15.6 Å². The predicted octanol–water partition coefficient (Wildman–Crippen LogP) is 3.29. The third-order valence-corrected chi connectivity index (χ3v) is 4.35. The summed E-state index contributed by atoms with van der Waals surface area (Å²) in [6.45, 7) is 3.80. The van der Waals surface area contributed by atoms with Crippen molar-refractivity contribution in [3.8, 4) is 0 Å². The van der Waals surface area contributed by atoms with Crippen LogP contribution in [-0.2, 0) is 19.4 Å². The first-order chi connectivity index (χ1) is 11.7. The molecule has 1 aliphatic rings. The molecule has 6 nitrogen and oxygen atoms in total. The van der Waals surface area contributed by atoms with Gasteiger partial charge in [-0.15, -0.1) is 34.2 Å². The molecule has 3 N–H and O–H groups in total. The van der Waals surface area contributed by atoms with Crippen molar-refractivity contribution < 1.29 is 0 Å². The summed E-state index contributed by atoms with van der Waals surface area (Å²) >= 11 is 0. The molecule has 0 unspecified atom stereocenters. The molecule has 0 saturated carbocycles. The van der Waals surface area contributed by atoms with Crippen molar-refractivity contribution in [3.63, 3.8) is 0 Å². The molecule has 0 radical (unpaired) electrons. The molecule has 0 amide bonds. The largest absolute Gasteiger partial charge is 0.370 e. The molecule has 136 valence electrons. The Bertz CT molecular complexity index is 692. The molecule has 0 bridgehead atoms. The third kappa shape index (κ3) is 5.69. The Morgan fingerprint density at radius 2 is 2.00 bits per heavy atom. The van der Waals surface area contributed by atoms with Gasteiger partial charge in [0.25, 0.3) is 0 Å². The van der Waals surface area contributed by atoms with Crippen LogP contribution in [0.2, 0.25) is 0 Å². The maximum atomic E-state index is 5.94. The van der Waals surface area contributed by atoms with Gasteiger partial charge in [-0.1, -0.05) is 24.1 Å². The number of aromatic nitrogens is 3. The number of nitrogens with two attached hydrogens (primary N) is 1. The average molecular weight is 454 g/mol. The number of hydrogen-bond acceptors (Lipinski definition) is 3. The highest BCUT2D eigenvalue weighted by molar-refractivity contribution is 14.0. The topological polar surface area (TPSA) is 81.1 Å². The quantitative estimate of drug-likeness (QED) is 0.315. The first-order valence-electron chi connectivity index (χ1n) is 8.77. The normalized spacial score (nSPS) is 14.4. The molecular formula is C18H27IN6. The lowest BCUT2D eigenvalue weighted by Crippen LogP contribution is -2.22. The number of guanidine groups is 1. The van der Waals surface area contributed by atoms with E-state index in [1.807, 2.05) is 24.3 Å². The molecule has 0 fully saturated rings. The fourth-order valence-corrected chi connectivity index (χ4v) is 2.99. The van der Waals surface area contributed by atoms with Crippen LogP contribution >= 0.6 is 24.0 Å². The number of anilines is 1. The summed E-state index contributed by atoms with van der Waals surface area (Å²) in [5, 5.41) is 11.8. The Labute approximate surface area is 166 Å². The molecule has 0 atom stereocenters. The lowest BCUT2D eigenvalue weighted by Gasteiger charge is -2.07. The van der Waals surface area contributed by atoms with Crippen LogP contribution in [0, 0.1) is 6.92 Å². The molecule has 1 aliphatic heterocycles. The number of nitrogens with one attached hydrogen (secondary N) is 1. The zero-order chi connectivity index (χ0) is 16.8. The van der Waals surface area contributed by atoms with Gasteiger partial charge in [-0.3, -0.25) is 4.99 Å². The number of benzene rings is 1. The second-order valence-electron chi connectivity index (χ2n) is 6.36. The van der Waals surface area contributed by atoms with Crippen molar-refractivity contribution in [2.75, 3.05) is 11.9 Å². The molecular weight excluding hydrogens is 427 g/mol. The first-order valence-corrected chi connectivity index (χ1v) is 8.77. The maximum absolute atomic E-state index is 5.94. The third-order valence-electron chi connectivity index (χ3n) is 4.35. The summed E-state index contributed by atoms with van der Waals surface area (Å²) in [4.78, 5) is 4.40. The first kappa shape index (κ1) is 19.7. The van der Waals surface area contributed by atoms with E-state index >= 15 is 0 Å². The van der Waals surface area contributed by atoms with Crippen LogP contribution in [0.1, 0.15) is 42.9 Å². The summed E-state index contributed by atoms with van der Waals surface area (Å²) in [7, 11) is 0. The minimum absolute atomic E-state index is 0. The van der Waals surface area contributed by atoms with Gasteiger partial charge in [0, 0.05) is 31.6 Å². The number of hydrogen-bond donors (Lipinski definition) is 2. The standard InChI is InChI=1S/C18H26N6.HI/c1-14-8-10-15(11-9-14)21-18(19)20-12-5-7-17-23-22-16-6-3-2-4-13-24(16)17;/h8-11H,2-7,12-13H2,1H3,(H3,19,20,21);1H. The van der Waals surface area contributed by atoms with Crippen molar-refractivity contribution in [3.05, 3.63) is 41.5 Å². The second-order valence-corrected chi connectivity index (χ2v) is 6.36. The monoisotopic (exact) mass is 454 g/mol. The van der Waals surface area contributed by atoms with Gasteiger partial charge in [-0.2, -0.15) is 0 Å². The zero-order valence-corrected chi connectivity index (χ0v) is 17.1. The van der Waals surface area contributed by atoms with Crippen molar-refractivity contribution in [2.24, 2.45) is 10.7 Å². The van der Waals surface area contributed by atoms with E-state index in [1.54, 1.807) is 0 Å². The van der Waals surface area contributed by atoms with Crippen molar-refractivity contribution in [2.45, 2.75) is 52.0 Å². The smallest absolute Gasteiger partial charge is 0.193 e. The van der Waals surface area contributed by atoms with Crippen LogP contribution in [0.25, 0.3) is 0 Å². The molecule has 25 heavy (non-hydrogen) atoms. The molecule has 2 heterocycles.